The summed E-state index contributed by atoms with van der Waals surface area (Å²) in [6.07, 6.45) is 0.836. The topological polar surface area (TPSA) is 35.2 Å². The first kappa shape index (κ1) is 15.9. The molecule has 3 heteroatoms. The van der Waals surface area contributed by atoms with Gasteiger partial charge in [0.2, 0.25) is 0 Å². The molecule has 2 nitrogen and oxygen atoms in total. The highest BCUT2D eigenvalue weighted by atomic mass is 35.5. The molecule has 0 heterocycles. The van der Waals surface area contributed by atoms with Gasteiger partial charge >= 0.3 is 0 Å². The summed E-state index contributed by atoms with van der Waals surface area (Å²) in [7, 11) is 1.72. The lowest BCUT2D eigenvalue weighted by molar-refractivity contribution is 0.409. The maximum absolute atomic E-state index is 6.05. The molecule has 0 saturated heterocycles. The van der Waals surface area contributed by atoms with Crippen LogP contribution in [0.5, 0.6) is 5.75 Å². The molecule has 2 N–H and O–H groups in total. The largest absolute Gasteiger partial charge is 0.496 e. The molecule has 0 amide bonds. The summed E-state index contributed by atoms with van der Waals surface area (Å²) in [6, 6.07) is 20.4. The molecule has 0 spiro atoms. The minimum absolute atomic E-state index is 0.229. The van der Waals surface area contributed by atoms with E-state index in [1.54, 1.807) is 7.11 Å². The van der Waals surface area contributed by atoms with Crippen molar-refractivity contribution in [3.8, 4) is 5.75 Å². The third-order valence-corrected chi connectivity index (χ3v) is 4.55. The quantitative estimate of drug-likeness (QED) is 0.732. The smallest absolute Gasteiger partial charge is 0.122 e. The SMILES string of the molecule is COc1ccc2ccccc2c1CC(CN)c1ccc(Cl)cc1. The van der Waals surface area contributed by atoms with Crippen LogP contribution in [0.3, 0.4) is 0 Å². The second kappa shape index (κ2) is 7.03. The Hall–Kier alpha value is -2.03. The molecule has 3 rings (SSSR count). The van der Waals surface area contributed by atoms with Crippen LogP contribution in [0.15, 0.2) is 60.7 Å². The molecule has 0 radical (unpaired) electrons. The van der Waals surface area contributed by atoms with Crippen molar-refractivity contribution >= 4 is 22.4 Å². The molecule has 0 saturated carbocycles. The predicted octanol–water partition coefficient (Wildman–Crippen LogP) is 4.79. The average Bonchev–Trinajstić information content (AvgIpc) is 2.60. The van der Waals surface area contributed by atoms with Crippen LogP contribution in [-0.2, 0) is 6.42 Å². The van der Waals surface area contributed by atoms with E-state index >= 15 is 0 Å². The van der Waals surface area contributed by atoms with Crippen molar-refractivity contribution in [2.45, 2.75) is 12.3 Å². The summed E-state index contributed by atoms with van der Waals surface area (Å²) in [4.78, 5) is 0. The van der Waals surface area contributed by atoms with Gasteiger partial charge in [0, 0.05) is 16.5 Å². The molecule has 0 aliphatic heterocycles. The summed E-state index contributed by atoms with van der Waals surface area (Å²) in [5, 5.41) is 3.18. The maximum Gasteiger partial charge on any atom is 0.122 e. The van der Waals surface area contributed by atoms with Gasteiger partial charge in [0.1, 0.15) is 5.75 Å². The van der Waals surface area contributed by atoms with Crippen molar-refractivity contribution in [1.29, 1.82) is 0 Å². The maximum atomic E-state index is 6.05. The van der Waals surface area contributed by atoms with Gasteiger partial charge in [-0.2, -0.15) is 0 Å². The Kier molecular flexibility index (Phi) is 4.85. The summed E-state index contributed by atoms with van der Waals surface area (Å²) in [5.74, 6) is 1.14. The van der Waals surface area contributed by atoms with Gasteiger partial charge in [-0.1, -0.05) is 54.1 Å². The number of fused-ring (bicyclic) bond motifs is 1. The molecule has 0 bridgehead atoms. The average molecular weight is 326 g/mol. The van der Waals surface area contributed by atoms with Crippen LogP contribution in [-0.4, -0.2) is 13.7 Å². The Morgan fingerprint density at radius 1 is 1.00 bits per heavy atom. The number of hydrogen-bond donors (Lipinski definition) is 1. The third-order valence-electron chi connectivity index (χ3n) is 4.29. The van der Waals surface area contributed by atoms with Gasteiger partial charge in [-0.15, -0.1) is 0 Å². The normalized spacial score (nSPS) is 12.3. The lowest BCUT2D eigenvalue weighted by atomic mass is 9.89. The Bertz CT molecular complexity index is 798. The van der Waals surface area contributed by atoms with Gasteiger partial charge in [-0.05, 0) is 47.5 Å². The highest BCUT2D eigenvalue weighted by Crippen LogP contribution is 2.32. The minimum atomic E-state index is 0.229. The van der Waals surface area contributed by atoms with E-state index < -0.39 is 0 Å². The molecule has 118 valence electrons. The van der Waals surface area contributed by atoms with Gasteiger partial charge < -0.3 is 10.5 Å². The lowest BCUT2D eigenvalue weighted by Gasteiger charge is -2.19. The Morgan fingerprint density at radius 2 is 1.74 bits per heavy atom. The molecule has 0 fully saturated rings. The number of methoxy groups -OCH3 is 1. The molecule has 3 aromatic carbocycles. The summed E-state index contributed by atoms with van der Waals surface area (Å²) < 4.78 is 5.59. The van der Waals surface area contributed by atoms with E-state index in [9.17, 15) is 0 Å². The monoisotopic (exact) mass is 325 g/mol. The minimum Gasteiger partial charge on any atom is -0.496 e. The molecule has 1 unspecified atom stereocenters. The van der Waals surface area contributed by atoms with Crippen LogP contribution in [0, 0.1) is 0 Å². The summed E-state index contributed by atoms with van der Waals surface area (Å²) in [5.41, 5.74) is 8.46. The van der Waals surface area contributed by atoms with Crippen LogP contribution in [0.2, 0.25) is 5.02 Å². The first-order valence-electron chi connectivity index (χ1n) is 7.73. The van der Waals surface area contributed by atoms with Gasteiger partial charge in [-0.3, -0.25) is 0 Å². The third kappa shape index (κ3) is 3.34. The van der Waals surface area contributed by atoms with Crippen molar-refractivity contribution < 1.29 is 4.74 Å². The number of nitrogens with two attached hydrogens (primary N) is 1. The van der Waals surface area contributed by atoms with E-state index in [1.807, 2.05) is 18.2 Å². The van der Waals surface area contributed by atoms with E-state index in [4.69, 9.17) is 22.1 Å². The van der Waals surface area contributed by atoms with Crippen LogP contribution in [0.4, 0.5) is 0 Å². The van der Waals surface area contributed by atoms with Crippen LogP contribution in [0.1, 0.15) is 17.0 Å². The Balaban J connectivity index is 2.03. The van der Waals surface area contributed by atoms with E-state index in [-0.39, 0.29) is 5.92 Å². The fourth-order valence-electron chi connectivity index (χ4n) is 3.04. The highest BCUT2D eigenvalue weighted by Gasteiger charge is 2.16. The van der Waals surface area contributed by atoms with Crippen molar-refractivity contribution in [2.75, 3.05) is 13.7 Å². The van der Waals surface area contributed by atoms with Crippen molar-refractivity contribution in [2.24, 2.45) is 5.73 Å². The number of halogens is 1. The number of ether oxygens (including phenoxy) is 1. The zero-order valence-electron chi connectivity index (χ0n) is 13.1. The number of hydrogen-bond acceptors (Lipinski definition) is 2. The van der Waals surface area contributed by atoms with Gasteiger partial charge in [-0.25, -0.2) is 0 Å². The summed E-state index contributed by atoms with van der Waals surface area (Å²) >= 11 is 5.99. The Labute approximate surface area is 141 Å². The van der Waals surface area contributed by atoms with Crippen molar-refractivity contribution in [1.82, 2.24) is 0 Å². The number of benzene rings is 3. The fourth-order valence-corrected chi connectivity index (χ4v) is 3.16. The van der Waals surface area contributed by atoms with E-state index in [1.165, 1.54) is 21.9 Å². The molecule has 0 aliphatic rings. The zero-order valence-corrected chi connectivity index (χ0v) is 13.9. The van der Waals surface area contributed by atoms with Gasteiger partial charge in [0.15, 0.2) is 0 Å². The van der Waals surface area contributed by atoms with Crippen LogP contribution in [0.25, 0.3) is 10.8 Å². The first-order chi connectivity index (χ1) is 11.2. The molecular formula is C20H20ClNO. The van der Waals surface area contributed by atoms with Crippen molar-refractivity contribution in [3.63, 3.8) is 0 Å². The summed E-state index contributed by atoms with van der Waals surface area (Å²) in [6.45, 7) is 0.577. The predicted molar refractivity (Wildman–Crippen MR) is 97.5 cm³/mol. The van der Waals surface area contributed by atoms with E-state index in [0.29, 0.717) is 6.54 Å². The zero-order chi connectivity index (χ0) is 16.2. The van der Waals surface area contributed by atoms with Gasteiger partial charge in [0.05, 0.1) is 7.11 Å². The standard InChI is InChI=1S/C20H20ClNO/c1-23-20-11-8-15-4-2-3-5-18(15)19(20)12-16(13-22)14-6-9-17(21)10-7-14/h2-11,16H,12-13,22H2,1H3. The Morgan fingerprint density at radius 3 is 2.43 bits per heavy atom. The second-order valence-corrected chi connectivity index (χ2v) is 6.09. The molecular weight excluding hydrogens is 306 g/mol. The first-order valence-corrected chi connectivity index (χ1v) is 8.11. The second-order valence-electron chi connectivity index (χ2n) is 5.66. The van der Waals surface area contributed by atoms with Crippen molar-refractivity contribution in [3.05, 3.63) is 76.8 Å². The van der Waals surface area contributed by atoms with Gasteiger partial charge in [0.25, 0.3) is 0 Å². The number of rotatable bonds is 5. The van der Waals surface area contributed by atoms with E-state index in [2.05, 4.69) is 42.5 Å². The lowest BCUT2D eigenvalue weighted by Crippen LogP contribution is -2.15. The molecule has 0 aromatic heterocycles. The molecule has 3 aromatic rings. The fraction of sp³-hybridized carbons (Fsp3) is 0.200. The van der Waals surface area contributed by atoms with Crippen LogP contribution >= 0.6 is 11.6 Å². The molecule has 23 heavy (non-hydrogen) atoms. The molecule has 1 atom stereocenters. The highest BCUT2D eigenvalue weighted by molar-refractivity contribution is 6.30. The van der Waals surface area contributed by atoms with E-state index in [0.717, 1.165) is 17.2 Å². The van der Waals surface area contributed by atoms with Crippen LogP contribution < -0.4 is 10.5 Å². The molecule has 0 aliphatic carbocycles.